The molecule has 0 spiro atoms. The number of Topliss-reactive ketones (excluding diaryl/α,β-unsaturated/α-hetero) is 1. The van der Waals surface area contributed by atoms with E-state index in [9.17, 15) is 9.59 Å². The smallest absolute Gasteiger partial charge is 0.310 e. The summed E-state index contributed by atoms with van der Waals surface area (Å²) in [6, 6.07) is 7.02. The number of hydrogen-bond acceptors (Lipinski definition) is 2. The summed E-state index contributed by atoms with van der Waals surface area (Å²) in [5.74, 6) is -0.986. The van der Waals surface area contributed by atoms with Crippen LogP contribution in [0, 0.1) is 5.92 Å². The van der Waals surface area contributed by atoms with E-state index >= 15 is 0 Å². The second-order valence-corrected chi connectivity index (χ2v) is 5.03. The molecule has 0 unspecified atom stereocenters. The first-order valence-corrected chi connectivity index (χ1v) is 6.46. The minimum atomic E-state index is -0.843. The number of carbonyl (C=O) groups excluding carboxylic acids is 1. The third-order valence-electron chi connectivity index (χ3n) is 3.79. The fourth-order valence-electron chi connectivity index (χ4n) is 2.50. The van der Waals surface area contributed by atoms with Crippen molar-refractivity contribution < 1.29 is 14.7 Å². The van der Waals surface area contributed by atoms with Crippen molar-refractivity contribution >= 4 is 11.8 Å². The normalized spacial score (nSPS) is 17.6. The number of carbonyl (C=O) groups is 2. The van der Waals surface area contributed by atoms with Gasteiger partial charge in [0, 0.05) is 11.5 Å². The van der Waals surface area contributed by atoms with Crippen molar-refractivity contribution in [2.45, 2.75) is 38.5 Å². The van der Waals surface area contributed by atoms with E-state index in [0.717, 1.165) is 31.2 Å². The molecule has 1 atom stereocenters. The Labute approximate surface area is 107 Å². The summed E-state index contributed by atoms with van der Waals surface area (Å²) in [6.45, 7) is 1.65. The van der Waals surface area contributed by atoms with Crippen LogP contribution in [0.2, 0.25) is 0 Å². The van der Waals surface area contributed by atoms with Gasteiger partial charge in [0.15, 0.2) is 5.78 Å². The average Bonchev–Trinajstić information content (AvgIpc) is 2.91. The Morgan fingerprint density at radius 2 is 1.72 bits per heavy atom. The van der Waals surface area contributed by atoms with Crippen LogP contribution in [0.5, 0.6) is 0 Å². The molecule has 2 rings (SSSR count). The first kappa shape index (κ1) is 12.8. The van der Waals surface area contributed by atoms with Crippen molar-refractivity contribution in [1.29, 1.82) is 0 Å². The van der Waals surface area contributed by atoms with Gasteiger partial charge in [0.25, 0.3) is 0 Å². The Kier molecular flexibility index (Phi) is 3.80. The van der Waals surface area contributed by atoms with Crippen LogP contribution in [0.1, 0.15) is 54.4 Å². The largest absolute Gasteiger partial charge is 0.481 e. The van der Waals surface area contributed by atoms with Gasteiger partial charge in [-0.05, 0) is 25.3 Å². The van der Waals surface area contributed by atoms with Crippen LogP contribution in [-0.2, 0) is 4.79 Å². The van der Waals surface area contributed by atoms with E-state index in [1.54, 1.807) is 31.2 Å². The van der Waals surface area contributed by atoms with Gasteiger partial charge < -0.3 is 5.11 Å². The molecule has 0 aromatic heterocycles. The number of ketones is 1. The summed E-state index contributed by atoms with van der Waals surface area (Å²) in [7, 11) is 0. The van der Waals surface area contributed by atoms with E-state index in [1.165, 1.54) is 0 Å². The lowest BCUT2D eigenvalue weighted by molar-refractivity contribution is -0.138. The molecule has 0 saturated heterocycles. The summed E-state index contributed by atoms with van der Waals surface area (Å²) < 4.78 is 0. The summed E-state index contributed by atoms with van der Waals surface area (Å²) in [6.07, 6.45) is 4.27. The molecule has 96 valence electrons. The molecule has 1 N–H and O–H groups in total. The molecule has 0 bridgehead atoms. The van der Waals surface area contributed by atoms with Crippen molar-refractivity contribution in [2.24, 2.45) is 5.92 Å². The van der Waals surface area contributed by atoms with Gasteiger partial charge in [0.05, 0.1) is 5.92 Å². The fraction of sp³-hybridized carbons (Fsp3) is 0.467. The van der Waals surface area contributed by atoms with E-state index in [1.807, 2.05) is 0 Å². The lowest BCUT2D eigenvalue weighted by atomic mass is 9.93. The van der Waals surface area contributed by atoms with Crippen LogP contribution >= 0.6 is 0 Å². The summed E-state index contributed by atoms with van der Waals surface area (Å²) in [5.41, 5.74) is 1.45. The maximum atomic E-state index is 12.1. The van der Waals surface area contributed by atoms with Gasteiger partial charge >= 0.3 is 5.97 Å². The number of aliphatic carboxylic acids is 1. The fourth-order valence-corrected chi connectivity index (χ4v) is 2.50. The minimum absolute atomic E-state index is 0.174. The first-order chi connectivity index (χ1) is 8.59. The number of benzene rings is 1. The molecule has 1 aromatic carbocycles. The molecule has 1 aliphatic carbocycles. The third-order valence-corrected chi connectivity index (χ3v) is 3.79. The molecule has 1 aromatic rings. The molecule has 3 nitrogen and oxygen atoms in total. The van der Waals surface area contributed by atoms with Crippen LogP contribution < -0.4 is 0 Å². The third kappa shape index (κ3) is 2.61. The SMILES string of the molecule is C[C@H](C(=O)O)c1ccc(C(=O)C2CCCC2)cc1. The Morgan fingerprint density at radius 1 is 1.17 bits per heavy atom. The highest BCUT2D eigenvalue weighted by Crippen LogP contribution is 2.28. The maximum absolute atomic E-state index is 12.1. The van der Waals surface area contributed by atoms with Gasteiger partial charge in [0.2, 0.25) is 0 Å². The van der Waals surface area contributed by atoms with Crippen molar-refractivity contribution in [3.8, 4) is 0 Å². The van der Waals surface area contributed by atoms with Crippen LogP contribution in [0.4, 0.5) is 0 Å². The monoisotopic (exact) mass is 246 g/mol. The van der Waals surface area contributed by atoms with Crippen molar-refractivity contribution in [2.75, 3.05) is 0 Å². The lowest BCUT2D eigenvalue weighted by Crippen LogP contribution is -2.12. The van der Waals surface area contributed by atoms with Crippen LogP contribution in [0.15, 0.2) is 24.3 Å². The zero-order valence-electron chi connectivity index (χ0n) is 10.6. The predicted octanol–water partition coefficient (Wildman–Crippen LogP) is 3.25. The van der Waals surface area contributed by atoms with Gasteiger partial charge in [-0.3, -0.25) is 9.59 Å². The molecule has 1 aliphatic rings. The number of hydrogen-bond donors (Lipinski definition) is 1. The van der Waals surface area contributed by atoms with E-state index in [-0.39, 0.29) is 11.7 Å². The van der Waals surface area contributed by atoms with Gasteiger partial charge in [-0.1, -0.05) is 37.1 Å². The summed E-state index contributed by atoms with van der Waals surface area (Å²) in [5, 5.41) is 8.92. The molecule has 0 aliphatic heterocycles. The highest BCUT2D eigenvalue weighted by atomic mass is 16.4. The second-order valence-electron chi connectivity index (χ2n) is 5.03. The Bertz CT molecular complexity index is 441. The average molecular weight is 246 g/mol. The molecule has 3 heteroatoms. The van der Waals surface area contributed by atoms with Crippen LogP contribution in [0.25, 0.3) is 0 Å². The number of carboxylic acids is 1. The highest BCUT2D eigenvalue weighted by Gasteiger charge is 2.24. The lowest BCUT2D eigenvalue weighted by Gasteiger charge is -2.10. The second kappa shape index (κ2) is 5.34. The van der Waals surface area contributed by atoms with E-state index in [4.69, 9.17) is 5.11 Å². The van der Waals surface area contributed by atoms with Gasteiger partial charge in [-0.25, -0.2) is 0 Å². The molecule has 0 amide bonds. The van der Waals surface area contributed by atoms with E-state index in [0.29, 0.717) is 5.56 Å². The predicted molar refractivity (Wildman–Crippen MR) is 68.8 cm³/mol. The van der Waals surface area contributed by atoms with Crippen molar-refractivity contribution in [1.82, 2.24) is 0 Å². The quantitative estimate of drug-likeness (QED) is 0.830. The molecule has 1 fully saturated rings. The zero-order chi connectivity index (χ0) is 13.1. The number of rotatable bonds is 4. The Morgan fingerprint density at radius 3 is 2.22 bits per heavy atom. The van der Waals surface area contributed by atoms with E-state index < -0.39 is 11.9 Å². The maximum Gasteiger partial charge on any atom is 0.310 e. The zero-order valence-corrected chi connectivity index (χ0v) is 10.6. The summed E-state index contributed by atoms with van der Waals surface area (Å²) >= 11 is 0. The van der Waals surface area contributed by atoms with Crippen molar-refractivity contribution in [3.05, 3.63) is 35.4 Å². The molecule has 1 saturated carbocycles. The topological polar surface area (TPSA) is 54.4 Å². The molecular weight excluding hydrogens is 228 g/mol. The van der Waals surface area contributed by atoms with Gasteiger partial charge in [-0.2, -0.15) is 0 Å². The molecule has 0 radical (unpaired) electrons. The molecular formula is C15H18O3. The summed E-state index contributed by atoms with van der Waals surface area (Å²) in [4.78, 5) is 23.0. The molecule has 18 heavy (non-hydrogen) atoms. The highest BCUT2D eigenvalue weighted by molar-refractivity contribution is 5.98. The first-order valence-electron chi connectivity index (χ1n) is 6.46. The van der Waals surface area contributed by atoms with Gasteiger partial charge in [0.1, 0.15) is 0 Å². The van der Waals surface area contributed by atoms with Crippen molar-refractivity contribution in [3.63, 3.8) is 0 Å². The molecule has 0 heterocycles. The minimum Gasteiger partial charge on any atom is -0.481 e. The standard InChI is InChI=1S/C15H18O3/c1-10(15(17)18)11-6-8-13(9-7-11)14(16)12-4-2-3-5-12/h6-10,12H,2-5H2,1H3,(H,17,18)/t10-/m0/s1. The Hall–Kier alpha value is -1.64. The van der Waals surface area contributed by atoms with Crippen LogP contribution in [-0.4, -0.2) is 16.9 Å². The Balaban J connectivity index is 2.12. The van der Waals surface area contributed by atoms with Crippen LogP contribution in [0.3, 0.4) is 0 Å². The number of carboxylic acid groups (broad SMARTS) is 1. The van der Waals surface area contributed by atoms with Gasteiger partial charge in [-0.15, -0.1) is 0 Å². The van der Waals surface area contributed by atoms with E-state index in [2.05, 4.69) is 0 Å².